The largest absolute Gasteiger partial charge is 0.438 e. The van der Waals surface area contributed by atoms with Gasteiger partial charge in [0.1, 0.15) is 5.75 Å². The second-order valence-corrected chi connectivity index (χ2v) is 6.52. The van der Waals surface area contributed by atoms with Gasteiger partial charge in [-0.3, -0.25) is 9.78 Å². The highest BCUT2D eigenvalue weighted by Gasteiger charge is 2.21. The first-order valence-corrected chi connectivity index (χ1v) is 8.79. The van der Waals surface area contributed by atoms with Crippen LogP contribution in [0.2, 0.25) is 0 Å². The van der Waals surface area contributed by atoms with Gasteiger partial charge in [0, 0.05) is 34.2 Å². The molecule has 1 aliphatic rings. The van der Waals surface area contributed by atoms with Gasteiger partial charge in [0.25, 0.3) is 0 Å². The highest BCUT2D eigenvalue weighted by molar-refractivity contribution is 7.99. The number of Topliss-reactive ketones (excluding diaryl/α,β-unsaturated/α-hetero) is 1. The summed E-state index contributed by atoms with van der Waals surface area (Å²) in [7, 11) is 0. The Hall–Kier alpha value is -2.92. The maximum Gasteiger partial charge on any atom is 0.237 e. The number of hydrogen-bond donors (Lipinski definition) is 0. The number of ketones is 1. The van der Waals surface area contributed by atoms with Gasteiger partial charge in [-0.25, -0.2) is 4.98 Å². The number of aromatic nitrogens is 2. The summed E-state index contributed by atoms with van der Waals surface area (Å²) in [6.07, 6.45) is 6.68. The highest BCUT2D eigenvalue weighted by Crippen LogP contribution is 2.33. The van der Waals surface area contributed by atoms with Crippen LogP contribution >= 0.6 is 11.8 Å². The molecule has 2 heterocycles. The van der Waals surface area contributed by atoms with Crippen molar-refractivity contribution in [1.82, 2.24) is 9.97 Å². The third-order valence-electron chi connectivity index (χ3n) is 3.79. The predicted molar refractivity (Wildman–Crippen MR) is 98.0 cm³/mol. The second kappa shape index (κ2) is 6.91. The molecule has 0 aliphatic carbocycles. The molecule has 0 unspecified atom stereocenters. The van der Waals surface area contributed by atoms with Crippen molar-refractivity contribution in [3.05, 3.63) is 83.8 Å². The summed E-state index contributed by atoms with van der Waals surface area (Å²) in [5.74, 6) is 1.92. The lowest BCUT2D eigenvalue weighted by atomic mass is 10.0. The van der Waals surface area contributed by atoms with Crippen molar-refractivity contribution < 1.29 is 9.53 Å². The zero-order valence-corrected chi connectivity index (χ0v) is 14.1. The minimum atomic E-state index is 0.106. The van der Waals surface area contributed by atoms with Crippen molar-refractivity contribution in [3.63, 3.8) is 0 Å². The van der Waals surface area contributed by atoms with Gasteiger partial charge in [-0.05, 0) is 35.9 Å². The van der Waals surface area contributed by atoms with Crippen molar-refractivity contribution in [2.75, 3.05) is 5.75 Å². The van der Waals surface area contributed by atoms with Gasteiger partial charge < -0.3 is 4.74 Å². The predicted octanol–water partition coefficient (Wildman–Crippen LogP) is 4.64. The molecule has 3 aromatic rings. The summed E-state index contributed by atoms with van der Waals surface area (Å²) < 4.78 is 5.63. The quantitative estimate of drug-likeness (QED) is 0.647. The van der Waals surface area contributed by atoms with E-state index >= 15 is 0 Å². The molecule has 1 aromatic heterocycles. The molecule has 0 N–H and O–H groups in total. The van der Waals surface area contributed by atoms with Crippen LogP contribution in [0.4, 0.5) is 0 Å². The summed E-state index contributed by atoms with van der Waals surface area (Å²) in [6.45, 7) is 0. The van der Waals surface area contributed by atoms with Crippen molar-refractivity contribution in [2.45, 2.75) is 4.90 Å². The number of hydrogen-bond acceptors (Lipinski definition) is 5. The van der Waals surface area contributed by atoms with E-state index in [9.17, 15) is 4.79 Å². The maximum atomic E-state index is 12.6. The van der Waals surface area contributed by atoms with Crippen LogP contribution in [0.15, 0.2) is 77.6 Å². The van der Waals surface area contributed by atoms with Crippen molar-refractivity contribution in [1.29, 1.82) is 0 Å². The van der Waals surface area contributed by atoms with Gasteiger partial charge >= 0.3 is 0 Å². The molecule has 122 valence electrons. The van der Waals surface area contributed by atoms with Gasteiger partial charge in [0.2, 0.25) is 5.88 Å². The number of carbonyl (C=O) groups excluding carboxylic acids is 1. The van der Waals surface area contributed by atoms with Crippen molar-refractivity contribution in [2.24, 2.45) is 0 Å². The Kier molecular flexibility index (Phi) is 4.31. The first-order chi connectivity index (χ1) is 12.3. The number of fused-ring (bicyclic) bond motifs is 1. The zero-order valence-electron chi connectivity index (χ0n) is 13.3. The van der Waals surface area contributed by atoms with E-state index in [-0.39, 0.29) is 5.78 Å². The fourth-order valence-electron chi connectivity index (χ4n) is 2.57. The van der Waals surface area contributed by atoms with E-state index in [2.05, 4.69) is 9.97 Å². The molecule has 4 rings (SSSR count). The molecule has 0 atom stereocenters. The molecule has 0 fully saturated rings. The Labute approximate surface area is 149 Å². The summed E-state index contributed by atoms with van der Waals surface area (Å²) >= 11 is 1.70. The van der Waals surface area contributed by atoms with Crippen LogP contribution in [0.3, 0.4) is 0 Å². The Morgan fingerprint density at radius 3 is 2.68 bits per heavy atom. The monoisotopic (exact) mass is 346 g/mol. The Bertz CT molecular complexity index is 937. The molecule has 2 aromatic carbocycles. The summed E-state index contributed by atoms with van der Waals surface area (Å²) in [5.41, 5.74) is 2.56. The van der Waals surface area contributed by atoms with E-state index in [1.54, 1.807) is 30.4 Å². The fourth-order valence-corrected chi connectivity index (χ4v) is 3.59. The van der Waals surface area contributed by atoms with Crippen molar-refractivity contribution >= 4 is 23.6 Å². The topological polar surface area (TPSA) is 52.1 Å². The van der Waals surface area contributed by atoms with Crippen LogP contribution in [0.1, 0.15) is 15.9 Å². The molecule has 0 saturated carbocycles. The lowest BCUT2D eigenvalue weighted by molar-refractivity contribution is 0.103. The van der Waals surface area contributed by atoms with Crippen LogP contribution in [-0.2, 0) is 0 Å². The third kappa shape index (κ3) is 3.46. The van der Waals surface area contributed by atoms with E-state index in [1.807, 2.05) is 54.6 Å². The minimum absolute atomic E-state index is 0.106. The van der Waals surface area contributed by atoms with Gasteiger partial charge in [-0.15, -0.1) is 11.8 Å². The van der Waals surface area contributed by atoms with Gasteiger partial charge in [0.15, 0.2) is 5.78 Å². The Morgan fingerprint density at radius 2 is 1.88 bits per heavy atom. The van der Waals surface area contributed by atoms with Crippen molar-refractivity contribution in [3.8, 4) is 11.6 Å². The lowest BCUT2D eigenvalue weighted by Crippen LogP contribution is -2.11. The first kappa shape index (κ1) is 15.6. The van der Waals surface area contributed by atoms with E-state index in [0.29, 0.717) is 17.4 Å². The zero-order chi connectivity index (χ0) is 17.1. The lowest BCUT2D eigenvalue weighted by Gasteiger charge is -2.16. The van der Waals surface area contributed by atoms with Crippen LogP contribution in [0.5, 0.6) is 11.6 Å². The molecule has 5 heteroatoms. The van der Waals surface area contributed by atoms with E-state index < -0.39 is 0 Å². The highest BCUT2D eigenvalue weighted by atomic mass is 32.2. The average molecular weight is 346 g/mol. The number of nitrogens with zero attached hydrogens (tertiary/aromatic N) is 2. The van der Waals surface area contributed by atoms with Gasteiger partial charge in [-0.1, -0.05) is 24.3 Å². The Morgan fingerprint density at radius 1 is 1.04 bits per heavy atom. The van der Waals surface area contributed by atoms with Crippen LogP contribution in [0.25, 0.3) is 6.08 Å². The molecular weight excluding hydrogens is 332 g/mol. The SMILES string of the molecule is O=C1/C(=C/c2ccc(Oc3cnccn3)cc2)CSc2ccccc21. The maximum absolute atomic E-state index is 12.6. The van der Waals surface area contributed by atoms with Crippen LogP contribution in [0, 0.1) is 0 Å². The van der Waals surface area contributed by atoms with E-state index in [1.165, 1.54) is 0 Å². The second-order valence-electron chi connectivity index (χ2n) is 5.50. The van der Waals surface area contributed by atoms with Crippen LogP contribution < -0.4 is 4.74 Å². The number of thioether (sulfide) groups is 1. The molecule has 0 amide bonds. The number of rotatable bonds is 3. The molecule has 25 heavy (non-hydrogen) atoms. The molecule has 0 saturated heterocycles. The molecule has 0 radical (unpaired) electrons. The third-order valence-corrected chi connectivity index (χ3v) is 4.91. The molecule has 0 spiro atoms. The van der Waals surface area contributed by atoms with E-state index in [4.69, 9.17) is 4.74 Å². The summed E-state index contributed by atoms with van der Waals surface area (Å²) in [6, 6.07) is 15.3. The van der Waals surface area contributed by atoms with Gasteiger partial charge in [0.05, 0.1) is 6.20 Å². The van der Waals surface area contributed by atoms with Crippen LogP contribution in [-0.4, -0.2) is 21.5 Å². The normalized spacial score (nSPS) is 15.0. The summed E-state index contributed by atoms with van der Waals surface area (Å²) in [4.78, 5) is 21.7. The van der Waals surface area contributed by atoms with E-state index in [0.717, 1.165) is 21.6 Å². The number of ether oxygens (including phenoxy) is 1. The standard InChI is InChI=1S/C20H14N2O2S/c23-20-15(13-25-18-4-2-1-3-17(18)20)11-14-5-7-16(8-6-14)24-19-12-21-9-10-22-19/h1-12H,13H2/b15-11+. The fraction of sp³-hybridized carbons (Fsp3) is 0.0500. The Balaban J connectivity index is 1.53. The number of carbonyl (C=O) groups is 1. The smallest absolute Gasteiger partial charge is 0.237 e. The van der Waals surface area contributed by atoms with Gasteiger partial charge in [-0.2, -0.15) is 0 Å². The first-order valence-electron chi connectivity index (χ1n) is 7.81. The summed E-state index contributed by atoms with van der Waals surface area (Å²) in [5, 5.41) is 0. The molecular formula is C20H14N2O2S. The minimum Gasteiger partial charge on any atom is -0.438 e. The molecule has 1 aliphatic heterocycles. The molecule has 4 nitrogen and oxygen atoms in total. The molecule has 0 bridgehead atoms. The average Bonchev–Trinajstić information content (AvgIpc) is 2.67. The number of benzene rings is 2.